The lowest BCUT2D eigenvalue weighted by Crippen LogP contribution is -2.48. The Morgan fingerprint density at radius 1 is 1.39 bits per heavy atom. The van der Waals surface area contributed by atoms with Crippen LogP contribution in [0.3, 0.4) is 0 Å². The molecule has 4 atom stereocenters. The maximum Gasteiger partial charge on any atom is 0.225 e. The van der Waals surface area contributed by atoms with Crippen LogP contribution in [0.15, 0.2) is 0 Å². The molecule has 2 aliphatic rings. The summed E-state index contributed by atoms with van der Waals surface area (Å²) in [5, 5.41) is 15.8. The van der Waals surface area contributed by atoms with E-state index in [1.807, 2.05) is 18.7 Å². The van der Waals surface area contributed by atoms with Gasteiger partial charge in [-0.25, -0.2) is 0 Å². The van der Waals surface area contributed by atoms with Crippen LogP contribution in [0, 0.1) is 17.8 Å². The minimum atomic E-state index is -0.380. The zero-order chi connectivity index (χ0) is 16.1. The molecule has 0 aromatic rings. The fourth-order valence-electron chi connectivity index (χ4n) is 3.18. The first kappa shape index (κ1) is 20.2. The summed E-state index contributed by atoms with van der Waals surface area (Å²) in [5.41, 5.74) is 0. The van der Waals surface area contributed by atoms with E-state index in [0.717, 1.165) is 32.4 Å². The Morgan fingerprint density at radius 2 is 2.13 bits per heavy atom. The summed E-state index contributed by atoms with van der Waals surface area (Å²) in [6, 6.07) is 0. The summed E-state index contributed by atoms with van der Waals surface area (Å²) >= 11 is 0. The number of amides is 2. The van der Waals surface area contributed by atoms with E-state index in [1.165, 1.54) is 0 Å². The van der Waals surface area contributed by atoms with Crippen molar-refractivity contribution in [3.8, 4) is 0 Å². The van der Waals surface area contributed by atoms with Gasteiger partial charge in [0.2, 0.25) is 11.8 Å². The highest BCUT2D eigenvalue weighted by Crippen LogP contribution is 2.19. The van der Waals surface area contributed by atoms with E-state index in [4.69, 9.17) is 0 Å². The van der Waals surface area contributed by atoms with Crippen LogP contribution in [-0.2, 0) is 9.59 Å². The molecule has 0 saturated carbocycles. The lowest BCUT2D eigenvalue weighted by Gasteiger charge is -2.33. The summed E-state index contributed by atoms with van der Waals surface area (Å²) in [6.07, 6.45) is 2.17. The van der Waals surface area contributed by atoms with Crippen LogP contribution in [0.5, 0.6) is 0 Å². The second-order valence-electron chi connectivity index (χ2n) is 6.66. The molecular weight excluding hydrogens is 318 g/mol. The molecule has 23 heavy (non-hydrogen) atoms. The maximum absolute atomic E-state index is 12.3. The lowest BCUT2D eigenvalue weighted by molar-refractivity contribution is -0.139. The molecule has 3 N–H and O–H groups in total. The first-order valence-electron chi connectivity index (χ1n) is 8.48. The van der Waals surface area contributed by atoms with Gasteiger partial charge in [0.05, 0.1) is 12.0 Å². The van der Waals surface area contributed by atoms with Gasteiger partial charge in [0.1, 0.15) is 0 Å². The Labute approximate surface area is 144 Å². The fraction of sp³-hybridized carbons (Fsp3) is 0.875. The minimum absolute atomic E-state index is 0. The lowest BCUT2D eigenvalue weighted by atomic mass is 9.95. The third-order valence-corrected chi connectivity index (χ3v) is 4.98. The predicted octanol–water partition coefficient (Wildman–Crippen LogP) is 0.389. The summed E-state index contributed by atoms with van der Waals surface area (Å²) in [6.45, 7) is 7.09. The number of hydrogen-bond acceptors (Lipinski definition) is 4. The Hall–Kier alpha value is -0.850. The van der Waals surface area contributed by atoms with Crippen molar-refractivity contribution < 1.29 is 14.7 Å². The average Bonchev–Trinajstić information content (AvgIpc) is 2.96. The van der Waals surface area contributed by atoms with Crippen molar-refractivity contribution in [2.45, 2.75) is 39.2 Å². The predicted molar refractivity (Wildman–Crippen MR) is 91.4 cm³/mol. The molecule has 2 saturated heterocycles. The normalized spacial score (nSPS) is 28.8. The molecule has 2 heterocycles. The van der Waals surface area contributed by atoms with Gasteiger partial charge in [0.25, 0.3) is 0 Å². The molecule has 0 aromatic carbocycles. The van der Waals surface area contributed by atoms with Crippen LogP contribution in [0.2, 0.25) is 0 Å². The Kier molecular flexibility index (Phi) is 8.29. The van der Waals surface area contributed by atoms with Gasteiger partial charge in [-0.1, -0.05) is 13.8 Å². The van der Waals surface area contributed by atoms with Crippen LogP contribution >= 0.6 is 12.4 Å². The molecule has 0 radical (unpaired) electrons. The third-order valence-electron chi connectivity index (χ3n) is 4.98. The van der Waals surface area contributed by atoms with E-state index in [2.05, 4.69) is 10.6 Å². The fourth-order valence-corrected chi connectivity index (χ4v) is 3.18. The molecule has 2 rings (SSSR count). The standard InChI is InChI=1S/C16H29N3O3.ClH/c1-3-11(2)16(22)19-6-4-5-12(10-19)15(21)18-8-13-7-17-9-14(13)20;/h11-14,17,20H,3-10H2,1-2H3,(H,18,21);1H. The number of likely N-dealkylation sites (tertiary alicyclic amines) is 1. The highest BCUT2D eigenvalue weighted by Gasteiger charge is 2.31. The monoisotopic (exact) mass is 347 g/mol. The SMILES string of the molecule is CCC(C)C(=O)N1CCCC(C(=O)NCC2CNCC2O)C1.Cl. The van der Waals surface area contributed by atoms with E-state index < -0.39 is 0 Å². The number of piperidine rings is 1. The number of carbonyl (C=O) groups excluding carboxylic acids is 2. The highest BCUT2D eigenvalue weighted by atomic mass is 35.5. The first-order chi connectivity index (χ1) is 10.5. The average molecular weight is 348 g/mol. The first-order valence-corrected chi connectivity index (χ1v) is 8.48. The summed E-state index contributed by atoms with van der Waals surface area (Å²) in [7, 11) is 0. The van der Waals surface area contributed by atoms with Crippen LogP contribution < -0.4 is 10.6 Å². The number of hydrogen-bond donors (Lipinski definition) is 3. The number of halogens is 1. The molecule has 7 heteroatoms. The Bertz CT molecular complexity index is 408. The van der Waals surface area contributed by atoms with Crippen LogP contribution in [0.4, 0.5) is 0 Å². The van der Waals surface area contributed by atoms with Crippen molar-refractivity contribution >= 4 is 24.2 Å². The number of aliphatic hydroxyl groups excluding tert-OH is 1. The Balaban J connectivity index is 0.00000264. The molecule has 4 unspecified atom stereocenters. The number of β-amino-alcohol motifs (C(OH)–C–C–N with tert-alkyl or cyclic N) is 1. The topological polar surface area (TPSA) is 81.7 Å². The van der Waals surface area contributed by atoms with E-state index in [9.17, 15) is 14.7 Å². The van der Waals surface area contributed by atoms with E-state index in [1.54, 1.807) is 0 Å². The number of carbonyl (C=O) groups is 2. The number of nitrogens with one attached hydrogen (secondary N) is 2. The largest absolute Gasteiger partial charge is 0.391 e. The zero-order valence-corrected chi connectivity index (χ0v) is 14.9. The van der Waals surface area contributed by atoms with Crippen molar-refractivity contribution in [3.63, 3.8) is 0 Å². The smallest absolute Gasteiger partial charge is 0.225 e. The molecule has 6 nitrogen and oxygen atoms in total. The van der Waals surface area contributed by atoms with E-state index in [-0.39, 0.29) is 48.1 Å². The molecule has 134 valence electrons. The van der Waals surface area contributed by atoms with Gasteiger partial charge in [-0.05, 0) is 19.3 Å². The molecule has 2 amide bonds. The summed E-state index contributed by atoms with van der Waals surface area (Å²) < 4.78 is 0. The van der Waals surface area contributed by atoms with Crippen LogP contribution in [0.25, 0.3) is 0 Å². The maximum atomic E-state index is 12.3. The summed E-state index contributed by atoms with van der Waals surface area (Å²) in [4.78, 5) is 26.4. The molecular formula is C16H30ClN3O3. The van der Waals surface area contributed by atoms with E-state index >= 15 is 0 Å². The van der Waals surface area contributed by atoms with Gasteiger partial charge in [-0.3, -0.25) is 9.59 Å². The third kappa shape index (κ3) is 5.33. The van der Waals surface area contributed by atoms with Crippen molar-refractivity contribution in [2.75, 3.05) is 32.7 Å². The van der Waals surface area contributed by atoms with Crippen molar-refractivity contribution in [2.24, 2.45) is 17.8 Å². The van der Waals surface area contributed by atoms with Crippen LogP contribution in [-0.4, -0.2) is 60.6 Å². The van der Waals surface area contributed by atoms with Gasteiger partial charge >= 0.3 is 0 Å². The van der Waals surface area contributed by atoms with Gasteiger partial charge in [0, 0.05) is 44.6 Å². The molecule has 0 aromatic heterocycles. The molecule has 0 spiro atoms. The highest BCUT2D eigenvalue weighted by molar-refractivity contribution is 5.85. The van der Waals surface area contributed by atoms with Crippen LogP contribution in [0.1, 0.15) is 33.1 Å². The van der Waals surface area contributed by atoms with Gasteiger partial charge in [-0.2, -0.15) is 0 Å². The molecule has 2 aliphatic heterocycles. The van der Waals surface area contributed by atoms with Crippen molar-refractivity contribution in [1.82, 2.24) is 15.5 Å². The molecule has 2 fully saturated rings. The second-order valence-corrected chi connectivity index (χ2v) is 6.66. The number of aliphatic hydroxyl groups is 1. The molecule has 0 aliphatic carbocycles. The number of nitrogens with zero attached hydrogens (tertiary/aromatic N) is 1. The Morgan fingerprint density at radius 3 is 2.74 bits per heavy atom. The van der Waals surface area contributed by atoms with Gasteiger partial charge in [-0.15, -0.1) is 12.4 Å². The van der Waals surface area contributed by atoms with Gasteiger partial charge < -0.3 is 20.6 Å². The quantitative estimate of drug-likeness (QED) is 0.672. The summed E-state index contributed by atoms with van der Waals surface area (Å²) in [5.74, 6) is 0.177. The second kappa shape index (κ2) is 9.45. The zero-order valence-electron chi connectivity index (χ0n) is 14.1. The van der Waals surface area contributed by atoms with E-state index in [0.29, 0.717) is 19.6 Å². The van der Waals surface area contributed by atoms with Crippen molar-refractivity contribution in [1.29, 1.82) is 0 Å². The molecule has 0 bridgehead atoms. The van der Waals surface area contributed by atoms with Gasteiger partial charge in [0.15, 0.2) is 0 Å². The van der Waals surface area contributed by atoms with Crippen molar-refractivity contribution in [3.05, 3.63) is 0 Å². The number of rotatable bonds is 5. The minimum Gasteiger partial charge on any atom is -0.391 e.